The van der Waals surface area contributed by atoms with Crippen LogP contribution in [-0.2, 0) is 37.8 Å². The molecular formula is C26H22N4O5. The van der Waals surface area contributed by atoms with Crippen molar-refractivity contribution in [3.63, 3.8) is 0 Å². The van der Waals surface area contributed by atoms with E-state index < -0.39 is 23.6 Å². The predicted molar refractivity (Wildman–Crippen MR) is 125 cm³/mol. The van der Waals surface area contributed by atoms with Crippen molar-refractivity contribution in [1.29, 1.82) is 0 Å². The Kier molecular flexibility index (Phi) is 4.64. The number of nitrogens with zero attached hydrogens (tertiary/aromatic N) is 4. The Morgan fingerprint density at radius 3 is 2.83 bits per heavy atom. The van der Waals surface area contributed by atoms with Gasteiger partial charge >= 0.3 is 11.9 Å². The first kappa shape index (κ1) is 21.3. The molecule has 0 radical (unpaired) electrons. The van der Waals surface area contributed by atoms with E-state index >= 15 is 0 Å². The van der Waals surface area contributed by atoms with Gasteiger partial charge in [0, 0.05) is 28.9 Å². The fraction of sp³-hybridized carbons (Fsp3) is 0.269. The van der Waals surface area contributed by atoms with Crippen LogP contribution in [-0.4, -0.2) is 31.3 Å². The third-order valence-corrected chi connectivity index (χ3v) is 6.92. The number of ether oxygens (including phenoxy) is 2. The first-order valence-electron chi connectivity index (χ1n) is 11.5. The van der Waals surface area contributed by atoms with Crippen LogP contribution >= 0.6 is 0 Å². The van der Waals surface area contributed by atoms with Gasteiger partial charge in [-0.3, -0.25) is 9.48 Å². The van der Waals surface area contributed by atoms with Gasteiger partial charge in [0.15, 0.2) is 0 Å². The van der Waals surface area contributed by atoms with Gasteiger partial charge in [0.2, 0.25) is 5.60 Å². The Balaban J connectivity index is 1.50. The lowest BCUT2D eigenvalue weighted by molar-refractivity contribution is -0.191. The Morgan fingerprint density at radius 2 is 2.06 bits per heavy atom. The van der Waals surface area contributed by atoms with Crippen LogP contribution in [0.5, 0.6) is 0 Å². The minimum atomic E-state index is -1.74. The lowest BCUT2D eigenvalue weighted by Crippen LogP contribution is -2.48. The van der Waals surface area contributed by atoms with E-state index in [0.29, 0.717) is 29.1 Å². The van der Waals surface area contributed by atoms with Gasteiger partial charge in [-0.05, 0) is 37.6 Å². The molecule has 0 N–H and O–H groups in total. The number of cyclic esters (lactones) is 1. The summed E-state index contributed by atoms with van der Waals surface area (Å²) >= 11 is 0. The molecule has 3 aromatic heterocycles. The molecule has 1 unspecified atom stereocenters. The van der Waals surface area contributed by atoms with Gasteiger partial charge in [-0.2, -0.15) is 5.10 Å². The molecule has 9 heteroatoms. The van der Waals surface area contributed by atoms with Crippen LogP contribution < -0.4 is 5.56 Å². The topological polar surface area (TPSA) is 105 Å². The molecule has 5 heterocycles. The van der Waals surface area contributed by atoms with E-state index in [4.69, 9.17) is 14.5 Å². The van der Waals surface area contributed by atoms with E-state index in [1.165, 1.54) is 4.68 Å². The zero-order chi connectivity index (χ0) is 24.3. The average molecular weight is 470 g/mol. The summed E-state index contributed by atoms with van der Waals surface area (Å²) in [7, 11) is 0. The van der Waals surface area contributed by atoms with Crippen molar-refractivity contribution in [2.24, 2.45) is 0 Å². The van der Waals surface area contributed by atoms with Crippen LogP contribution in [0.4, 0.5) is 0 Å². The van der Waals surface area contributed by atoms with E-state index in [2.05, 4.69) is 5.10 Å². The number of hydrogen-bond donors (Lipinski definition) is 0. The van der Waals surface area contributed by atoms with Crippen LogP contribution in [0.2, 0.25) is 0 Å². The van der Waals surface area contributed by atoms with Gasteiger partial charge in [-0.25, -0.2) is 14.6 Å². The maximum absolute atomic E-state index is 13.6. The predicted octanol–water partition coefficient (Wildman–Crippen LogP) is 3.09. The highest BCUT2D eigenvalue weighted by Crippen LogP contribution is 2.41. The number of fused-ring (bicyclic) bond motifs is 5. The highest BCUT2D eigenvalue weighted by atomic mass is 16.6. The largest absolute Gasteiger partial charge is 0.457 e. The molecule has 0 bridgehead atoms. The van der Waals surface area contributed by atoms with Crippen molar-refractivity contribution in [2.45, 2.75) is 45.1 Å². The van der Waals surface area contributed by atoms with Crippen LogP contribution in [0.25, 0.3) is 22.3 Å². The van der Waals surface area contributed by atoms with Crippen molar-refractivity contribution in [3.8, 4) is 11.4 Å². The summed E-state index contributed by atoms with van der Waals surface area (Å²) in [5.74, 6) is -1.34. The summed E-state index contributed by atoms with van der Waals surface area (Å²) in [6.07, 6.45) is 3.31. The molecule has 4 aromatic rings. The van der Waals surface area contributed by atoms with Crippen molar-refractivity contribution in [3.05, 3.63) is 81.9 Å². The second-order valence-electron chi connectivity index (χ2n) is 8.84. The van der Waals surface area contributed by atoms with E-state index in [9.17, 15) is 14.4 Å². The smallest absolute Gasteiger partial charge is 0.355 e. The number of esters is 2. The Bertz CT molecular complexity index is 1570. The lowest BCUT2D eigenvalue weighted by atomic mass is 9.85. The summed E-state index contributed by atoms with van der Waals surface area (Å²) in [4.78, 5) is 44.6. The molecular weight excluding hydrogens is 448 g/mol. The van der Waals surface area contributed by atoms with Gasteiger partial charge in [-0.1, -0.05) is 25.1 Å². The summed E-state index contributed by atoms with van der Waals surface area (Å²) < 4.78 is 14.4. The second-order valence-corrected chi connectivity index (χ2v) is 8.84. The van der Waals surface area contributed by atoms with E-state index in [1.807, 2.05) is 30.3 Å². The molecule has 1 aromatic carbocycles. The van der Waals surface area contributed by atoms with Crippen LogP contribution in [0.1, 0.15) is 43.0 Å². The van der Waals surface area contributed by atoms with Crippen LogP contribution in [0.15, 0.2) is 59.7 Å². The fourth-order valence-corrected chi connectivity index (χ4v) is 4.96. The SMILES string of the molecule is CC[C@@]1(OC(=O)C(C)n2cccn2)C(=O)OCc2c1cc1n(c2=O)Cc2cc3ccccc3nc2-1. The number of pyridine rings is 2. The number of carbonyl (C=O) groups is 2. The van der Waals surface area contributed by atoms with Crippen molar-refractivity contribution in [1.82, 2.24) is 19.3 Å². The van der Waals surface area contributed by atoms with Gasteiger partial charge in [-0.15, -0.1) is 0 Å². The van der Waals surface area contributed by atoms with Crippen LogP contribution in [0, 0.1) is 0 Å². The minimum Gasteiger partial charge on any atom is -0.457 e. The zero-order valence-corrected chi connectivity index (χ0v) is 19.2. The van der Waals surface area contributed by atoms with Crippen molar-refractivity contribution >= 4 is 22.8 Å². The van der Waals surface area contributed by atoms with Gasteiger partial charge < -0.3 is 14.0 Å². The Labute approximate surface area is 199 Å². The molecule has 0 saturated heterocycles. The molecule has 0 amide bonds. The third kappa shape index (κ3) is 3.04. The lowest BCUT2D eigenvalue weighted by Gasteiger charge is -2.36. The van der Waals surface area contributed by atoms with Crippen LogP contribution in [0.3, 0.4) is 0 Å². The maximum Gasteiger partial charge on any atom is 0.355 e. The zero-order valence-electron chi connectivity index (χ0n) is 19.2. The van der Waals surface area contributed by atoms with E-state index in [0.717, 1.165) is 16.5 Å². The van der Waals surface area contributed by atoms with E-state index in [-0.39, 0.29) is 18.6 Å². The molecule has 9 nitrogen and oxygen atoms in total. The molecule has 35 heavy (non-hydrogen) atoms. The van der Waals surface area contributed by atoms with Gasteiger partial charge in [0.05, 0.1) is 29.0 Å². The molecule has 6 rings (SSSR count). The average Bonchev–Trinajstić information content (AvgIpc) is 3.53. The Morgan fingerprint density at radius 1 is 1.23 bits per heavy atom. The molecule has 2 aliphatic rings. The standard InChI is InChI=1S/C26H22N4O5/c1-3-26(35-24(32)15(2)30-10-6-9-27-30)19-12-21-22-17(11-16-7-4-5-8-20(16)28-22)13-29(21)23(31)18(19)14-34-25(26)33/h4-12,15H,3,13-14H2,1-2H3/t15?,26-/m0/s1. The molecule has 0 fully saturated rings. The number of aromatic nitrogens is 4. The fourth-order valence-electron chi connectivity index (χ4n) is 4.96. The number of hydrogen-bond acceptors (Lipinski definition) is 7. The second kappa shape index (κ2) is 7.63. The minimum absolute atomic E-state index is 0.108. The Hall–Kier alpha value is -4.27. The summed E-state index contributed by atoms with van der Waals surface area (Å²) in [5.41, 5.74) is 1.67. The quantitative estimate of drug-likeness (QED) is 0.372. The molecule has 0 aliphatic carbocycles. The van der Waals surface area contributed by atoms with E-state index in [1.54, 1.807) is 42.9 Å². The molecule has 2 aliphatic heterocycles. The van der Waals surface area contributed by atoms with Gasteiger partial charge in [0.1, 0.15) is 12.6 Å². The monoisotopic (exact) mass is 470 g/mol. The van der Waals surface area contributed by atoms with Crippen molar-refractivity contribution in [2.75, 3.05) is 0 Å². The number of benzene rings is 1. The molecule has 0 saturated carbocycles. The summed E-state index contributed by atoms with van der Waals surface area (Å²) in [6.45, 7) is 3.56. The van der Waals surface area contributed by atoms with Gasteiger partial charge in [0.25, 0.3) is 5.56 Å². The highest BCUT2D eigenvalue weighted by molar-refractivity contribution is 5.89. The number of rotatable bonds is 4. The normalized spacial score (nSPS) is 19.0. The van der Waals surface area contributed by atoms with Crippen molar-refractivity contribution < 1.29 is 19.1 Å². The molecule has 2 atom stereocenters. The number of carbonyl (C=O) groups excluding carboxylic acids is 2. The summed E-state index contributed by atoms with van der Waals surface area (Å²) in [6, 6.07) is 12.5. The first-order valence-corrected chi connectivity index (χ1v) is 11.5. The maximum atomic E-state index is 13.6. The number of para-hydroxylation sites is 1. The molecule has 176 valence electrons. The third-order valence-electron chi connectivity index (χ3n) is 6.92. The summed E-state index contributed by atoms with van der Waals surface area (Å²) in [5, 5.41) is 5.08. The molecule has 0 spiro atoms. The first-order chi connectivity index (χ1) is 16.9. The highest BCUT2D eigenvalue weighted by Gasteiger charge is 2.51.